The van der Waals surface area contributed by atoms with Crippen LogP contribution in [0.15, 0.2) is 86.0 Å². The number of fused-ring (bicyclic) bond motifs is 4. The van der Waals surface area contributed by atoms with E-state index in [1.807, 2.05) is 32.0 Å². The lowest BCUT2D eigenvalue weighted by Crippen LogP contribution is -2.61. The molecule has 5 unspecified atom stereocenters. The highest BCUT2D eigenvalue weighted by atomic mass is 32.2. The van der Waals surface area contributed by atoms with Gasteiger partial charge in [-0.25, -0.2) is 27.0 Å². The summed E-state index contributed by atoms with van der Waals surface area (Å²) in [6.07, 6.45) is 6.67. The molecule has 5 atom stereocenters. The van der Waals surface area contributed by atoms with Crippen molar-refractivity contribution in [3.8, 4) is 0 Å². The predicted octanol–water partition coefficient (Wildman–Crippen LogP) is 4.96. The Labute approximate surface area is 328 Å². The van der Waals surface area contributed by atoms with Gasteiger partial charge in [0.2, 0.25) is 0 Å². The monoisotopic (exact) mass is 805 g/mol. The van der Waals surface area contributed by atoms with E-state index in [1.165, 1.54) is 18.2 Å². The third kappa shape index (κ3) is 5.79. The number of hydrogen-bond acceptors (Lipinski definition) is 11. The van der Waals surface area contributed by atoms with Gasteiger partial charge in [-0.2, -0.15) is 10.3 Å². The van der Waals surface area contributed by atoms with Gasteiger partial charge in [-0.05, 0) is 89.4 Å². The minimum absolute atomic E-state index is 0.0465. The van der Waals surface area contributed by atoms with Gasteiger partial charge in [0, 0.05) is 52.6 Å². The third-order valence-electron chi connectivity index (χ3n) is 12.7. The SMILES string of the molecule is CC1(C)C(=CC2C(=O)C(C=C3C(C)(C)c4cc(S(=O)(=O)[O-])ccc4[N+]34CCCCC4C(=O)O)=C2N=C=[N-])[N+]2(CCCCC2C(=O)O)c2ccc(SOO[O-])cc21. The quantitative estimate of drug-likeness (QED) is 0.0857. The van der Waals surface area contributed by atoms with Crippen LogP contribution in [0.25, 0.3) is 5.41 Å². The zero-order valence-corrected chi connectivity index (χ0v) is 32.8. The fourth-order valence-corrected chi connectivity index (χ4v) is 11.3. The summed E-state index contributed by atoms with van der Waals surface area (Å²) in [7, 11) is -4.86. The minimum atomic E-state index is -4.86. The third-order valence-corrected chi connectivity index (χ3v) is 14.1. The highest BCUT2D eigenvalue weighted by Gasteiger charge is 2.63. The van der Waals surface area contributed by atoms with Crippen molar-refractivity contribution in [1.29, 1.82) is 0 Å². The van der Waals surface area contributed by atoms with Crippen LogP contribution in [0.5, 0.6) is 0 Å². The molecule has 5 aliphatic rings. The lowest BCUT2D eigenvalue weighted by Gasteiger charge is -2.46. The van der Waals surface area contributed by atoms with Crippen molar-refractivity contribution >= 4 is 57.3 Å². The molecule has 2 aromatic carbocycles. The summed E-state index contributed by atoms with van der Waals surface area (Å²) in [5.74, 6) is -3.51. The van der Waals surface area contributed by atoms with Crippen LogP contribution in [0.3, 0.4) is 0 Å². The Morgan fingerprint density at radius 2 is 1.48 bits per heavy atom. The van der Waals surface area contributed by atoms with Crippen LogP contribution in [0.4, 0.5) is 11.4 Å². The molecule has 56 heavy (non-hydrogen) atoms. The molecule has 4 heterocycles. The lowest BCUT2D eigenvalue weighted by molar-refractivity contribution is -0.777. The molecular formula is C39H41N4O11S2-. The van der Waals surface area contributed by atoms with Crippen LogP contribution in [-0.2, 0) is 44.7 Å². The molecule has 2 aromatic rings. The van der Waals surface area contributed by atoms with Crippen LogP contribution >= 0.6 is 12.0 Å². The van der Waals surface area contributed by atoms with E-state index in [2.05, 4.69) is 14.4 Å². The van der Waals surface area contributed by atoms with Gasteiger partial charge in [-0.15, -0.1) is 0 Å². The number of piperidine rings is 2. The Morgan fingerprint density at radius 1 is 0.929 bits per heavy atom. The van der Waals surface area contributed by atoms with Crippen molar-refractivity contribution in [2.45, 2.75) is 98.9 Å². The van der Waals surface area contributed by atoms with Gasteiger partial charge < -0.3 is 30.4 Å². The number of nitrogens with zero attached hydrogens (tertiary/aromatic N) is 4. The van der Waals surface area contributed by atoms with Crippen LogP contribution < -0.4 is 14.2 Å². The number of carbonyl (C=O) groups excluding carboxylic acids is 1. The zero-order chi connectivity index (χ0) is 40.6. The van der Waals surface area contributed by atoms with Gasteiger partial charge in [-0.3, -0.25) is 9.83 Å². The van der Waals surface area contributed by atoms with Crippen molar-refractivity contribution < 1.29 is 52.2 Å². The van der Waals surface area contributed by atoms with Crippen LogP contribution in [0.2, 0.25) is 0 Å². The molecular weight excluding hydrogens is 765 g/mol. The molecule has 296 valence electrons. The van der Waals surface area contributed by atoms with Gasteiger partial charge in [0.25, 0.3) is 0 Å². The molecule has 0 radical (unpaired) electrons. The van der Waals surface area contributed by atoms with E-state index in [0.717, 1.165) is 11.3 Å². The Balaban J connectivity index is 1.43. The molecule has 0 bridgehead atoms. The van der Waals surface area contributed by atoms with E-state index in [1.54, 1.807) is 32.1 Å². The largest absolute Gasteiger partial charge is 0.744 e. The van der Waals surface area contributed by atoms with Gasteiger partial charge in [0.1, 0.15) is 32.9 Å². The Hall–Kier alpha value is -4.29. The maximum Gasteiger partial charge on any atom is 0.363 e. The molecule has 2 fully saturated rings. The van der Waals surface area contributed by atoms with E-state index < -0.39 is 61.6 Å². The number of benzene rings is 2. The number of carbonyl (C=O) groups is 3. The van der Waals surface area contributed by atoms with Crippen molar-refractivity contribution in [2.75, 3.05) is 13.1 Å². The molecule has 2 spiro atoms. The molecule has 2 N–H and O–H groups in total. The first-order valence-electron chi connectivity index (χ1n) is 18.3. The number of quaternary nitrogens is 2. The molecule has 7 rings (SSSR count). The number of ketones is 1. The Kier molecular flexibility index (Phi) is 9.96. The smallest absolute Gasteiger partial charge is 0.363 e. The lowest BCUT2D eigenvalue weighted by atomic mass is 9.74. The number of rotatable bonds is 9. The Bertz CT molecular complexity index is 2330. The first-order chi connectivity index (χ1) is 26.4. The van der Waals surface area contributed by atoms with Crippen molar-refractivity contribution in [3.63, 3.8) is 0 Å². The molecule has 17 heteroatoms. The predicted molar refractivity (Wildman–Crippen MR) is 201 cm³/mol. The van der Waals surface area contributed by atoms with Crippen LogP contribution in [0, 0.1) is 5.92 Å². The summed E-state index contributed by atoms with van der Waals surface area (Å²) in [4.78, 5) is 44.8. The molecule has 0 aromatic heterocycles. The van der Waals surface area contributed by atoms with E-state index in [4.69, 9.17) is 0 Å². The summed E-state index contributed by atoms with van der Waals surface area (Å²) in [5.41, 5.74) is 1.93. The second-order valence-corrected chi connectivity index (χ2v) is 18.3. The number of carboxylic acid groups (broad SMARTS) is 2. The van der Waals surface area contributed by atoms with E-state index in [0.29, 0.717) is 91.2 Å². The zero-order valence-electron chi connectivity index (χ0n) is 31.2. The summed E-state index contributed by atoms with van der Waals surface area (Å²) >= 11 is 0.711. The number of Topliss-reactive ketones (excluding diaryl/α,β-unsaturated/α-hetero) is 1. The maximum atomic E-state index is 14.6. The normalized spacial score (nSPS) is 30.3. The second-order valence-electron chi connectivity index (χ2n) is 16.1. The number of aliphatic imine (C=N–C) groups is 1. The summed E-state index contributed by atoms with van der Waals surface area (Å²) in [6, 6.07) is 9.27. The van der Waals surface area contributed by atoms with Gasteiger partial charge in [0.05, 0.1) is 46.8 Å². The van der Waals surface area contributed by atoms with E-state index in [-0.39, 0.29) is 20.2 Å². The standard InChI is InChI=1S/C39H42N4O11S2/c1-38(2)26-17-22(55-54-53-49)11-13-28(26)42(15-7-5-9-30(42)36(45)46)32(38)19-24-34(41-21-40)25(35(24)44)20-33-39(3,4)27-18-23(56(50,51)52)12-14-29(27)43(33)16-8-6-10-31(43)37(47)48/h11-14,17-20,24,30-31H,5-10,15-16H2,1-4H3,(H3-,45,46,47,48,49,50,51,52)/p-1. The fourth-order valence-electron chi connectivity index (χ4n) is 10.4. The topological polar surface area (TPSA) is 225 Å². The second kappa shape index (κ2) is 14.0. The highest BCUT2D eigenvalue weighted by Crippen LogP contribution is 2.59. The Morgan fingerprint density at radius 3 is 2.04 bits per heavy atom. The number of hydrogen-bond donors (Lipinski definition) is 2. The molecule has 0 amide bonds. The number of carboxylic acids is 2. The molecule has 2 saturated heterocycles. The average Bonchev–Trinajstić information content (AvgIpc) is 3.44. The highest BCUT2D eigenvalue weighted by molar-refractivity contribution is 7.94. The average molecular weight is 806 g/mol. The van der Waals surface area contributed by atoms with E-state index >= 15 is 0 Å². The first kappa shape index (κ1) is 39.9. The van der Waals surface area contributed by atoms with Crippen LogP contribution in [0.1, 0.15) is 77.3 Å². The number of aliphatic carboxylic acids is 2. The van der Waals surface area contributed by atoms with Crippen molar-refractivity contribution in [2.24, 2.45) is 10.9 Å². The molecule has 15 nitrogen and oxygen atoms in total. The maximum absolute atomic E-state index is 14.6. The van der Waals surface area contributed by atoms with Crippen molar-refractivity contribution in [3.05, 3.63) is 87.8 Å². The molecule has 1 aliphatic carbocycles. The van der Waals surface area contributed by atoms with Gasteiger partial charge in [0.15, 0.2) is 17.9 Å². The molecule has 0 saturated carbocycles. The summed E-state index contributed by atoms with van der Waals surface area (Å²) in [5, 5.41) is 45.4. The fraction of sp³-hybridized carbons (Fsp3) is 0.436. The molecule has 4 aliphatic heterocycles. The first-order valence-corrected chi connectivity index (χ1v) is 20.5. The number of allylic oxidation sites excluding steroid dienone is 5. The summed E-state index contributed by atoms with van der Waals surface area (Å²) in [6.45, 7) is 8.21. The van der Waals surface area contributed by atoms with Gasteiger partial charge in [-0.1, -0.05) is 0 Å². The van der Waals surface area contributed by atoms with Crippen LogP contribution in [-0.4, -0.2) is 72.1 Å². The minimum Gasteiger partial charge on any atom is -0.744 e. The van der Waals surface area contributed by atoms with Gasteiger partial charge >= 0.3 is 11.9 Å². The van der Waals surface area contributed by atoms with Crippen molar-refractivity contribution in [1.82, 2.24) is 8.97 Å². The van der Waals surface area contributed by atoms with E-state index in [9.17, 15) is 48.2 Å². The summed E-state index contributed by atoms with van der Waals surface area (Å²) < 4.78 is 40.8.